The molecule has 7 heteroatoms. The van der Waals surface area contributed by atoms with E-state index in [1.54, 1.807) is 6.20 Å². The largest absolute Gasteiger partial charge is 0.355 e. The Labute approximate surface area is 128 Å². The molecule has 0 saturated carbocycles. The minimum Gasteiger partial charge on any atom is -0.355 e. The topological polar surface area (TPSA) is 83.0 Å². The van der Waals surface area contributed by atoms with Crippen LogP contribution in [0.25, 0.3) is 0 Å². The fourth-order valence-corrected chi connectivity index (χ4v) is 2.42. The van der Waals surface area contributed by atoms with Gasteiger partial charge in [0.25, 0.3) is 0 Å². The summed E-state index contributed by atoms with van der Waals surface area (Å²) in [7, 11) is 0. The molecule has 1 aromatic carbocycles. The second-order valence-electron chi connectivity index (χ2n) is 5.22. The maximum absolute atomic E-state index is 11.0. The van der Waals surface area contributed by atoms with Crippen LogP contribution in [0.15, 0.2) is 30.5 Å². The van der Waals surface area contributed by atoms with Gasteiger partial charge < -0.3 is 15.5 Å². The first-order chi connectivity index (χ1) is 10.7. The lowest BCUT2D eigenvalue weighted by Crippen LogP contribution is -2.19. The number of rotatable bonds is 4. The highest BCUT2D eigenvalue weighted by Gasteiger charge is 2.14. The maximum Gasteiger partial charge on any atom is 0.249 e. The second-order valence-corrected chi connectivity index (χ2v) is 5.22. The molecule has 1 saturated heterocycles. The molecular weight excluding hydrogens is 280 g/mol. The Morgan fingerprint density at radius 2 is 1.82 bits per heavy atom. The Balaban J connectivity index is 1.69. The Bertz CT molecular complexity index is 651. The molecule has 22 heavy (non-hydrogen) atoms. The summed E-state index contributed by atoms with van der Waals surface area (Å²) in [6.45, 7) is 3.52. The first-order valence-electron chi connectivity index (χ1n) is 7.30. The molecule has 7 nitrogen and oxygen atoms in total. The molecule has 1 fully saturated rings. The van der Waals surface area contributed by atoms with Crippen LogP contribution >= 0.6 is 0 Å². The summed E-state index contributed by atoms with van der Waals surface area (Å²) in [6.07, 6.45) is 4.07. The van der Waals surface area contributed by atoms with Gasteiger partial charge in [-0.2, -0.15) is 10.1 Å². The van der Waals surface area contributed by atoms with E-state index in [2.05, 4.69) is 30.7 Å². The van der Waals surface area contributed by atoms with Crippen LogP contribution in [0.3, 0.4) is 0 Å². The number of amides is 1. The van der Waals surface area contributed by atoms with Crippen LogP contribution in [0.2, 0.25) is 0 Å². The quantitative estimate of drug-likeness (QED) is 0.900. The van der Waals surface area contributed by atoms with E-state index in [-0.39, 0.29) is 5.91 Å². The number of carbonyl (C=O) groups excluding carboxylic acids is 1. The normalized spacial score (nSPS) is 14.0. The van der Waals surface area contributed by atoms with Crippen LogP contribution in [-0.2, 0) is 4.79 Å². The highest BCUT2D eigenvalue weighted by molar-refractivity contribution is 5.88. The van der Waals surface area contributed by atoms with E-state index in [1.165, 1.54) is 19.8 Å². The van der Waals surface area contributed by atoms with Crippen LogP contribution in [0.4, 0.5) is 23.1 Å². The SMILES string of the molecule is CC(=O)Nc1ccc(Nc2nncc(N3CCCC3)n2)cc1. The van der Waals surface area contributed by atoms with Crippen LogP contribution in [0, 0.1) is 0 Å². The van der Waals surface area contributed by atoms with E-state index in [4.69, 9.17) is 0 Å². The lowest BCUT2D eigenvalue weighted by Gasteiger charge is -2.16. The Kier molecular flexibility index (Phi) is 4.13. The van der Waals surface area contributed by atoms with Gasteiger partial charge in [-0.3, -0.25) is 4.79 Å². The predicted molar refractivity (Wildman–Crippen MR) is 85.3 cm³/mol. The number of carbonyl (C=O) groups is 1. The van der Waals surface area contributed by atoms with E-state index in [1.807, 2.05) is 24.3 Å². The average Bonchev–Trinajstić information content (AvgIpc) is 3.03. The summed E-state index contributed by atoms with van der Waals surface area (Å²) in [4.78, 5) is 17.7. The van der Waals surface area contributed by atoms with Crippen molar-refractivity contribution in [3.05, 3.63) is 30.5 Å². The van der Waals surface area contributed by atoms with Gasteiger partial charge in [0.1, 0.15) is 0 Å². The summed E-state index contributed by atoms with van der Waals surface area (Å²) >= 11 is 0. The third-order valence-electron chi connectivity index (χ3n) is 3.44. The third kappa shape index (κ3) is 3.49. The molecule has 0 unspecified atom stereocenters. The second kappa shape index (κ2) is 6.38. The van der Waals surface area contributed by atoms with Crippen LogP contribution in [0.1, 0.15) is 19.8 Å². The number of nitrogens with one attached hydrogen (secondary N) is 2. The summed E-state index contributed by atoms with van der Waals surface area (Å²) < 4.78 is 0. The average molecular weight is 298 g/mol. The molecule has 2 aromatic rings. The zero-order chi connectivity index (χ0) is 15.4. The molecule has 1 aliphatic heterocycles. The molecular formula is C15H18N6O. The summed E-state index contributed by atoms with van der Waals surface area (Å²) in [5.74, 6) is 1.23. The fraction of sp³-hybridized carbons (Fsp3) is 0.333. The smallest absolute Gasteiger partial charge is 0.249 e. The minimum atomic E-state index is -0.0912. The Hall–Kier alpha value is -2.70. The molecule has 0 atom stereocenters. The van der Waals surface area contributed by atoms with Crippen molar-refractivity contribution in [2.75, 3.05) is 28.6 Å². The summed E-state index contributed by atoms with van der Waals surface area (Å²) in [6, 6.07) is 7.36. The van der Waals surface area contributed by atoms with Crippen molar-refractivity contribution < 1.29 is 4.79 Å². The predicted octanol–water partition coefficient (Wildman–Crippen LogP) is 2.17. The zero-order valence-corrected chi connectivity index (χ0v) is 12.4. The van der Waals surface area contributed by atoms with E-state index in [0.717, 1.165) is 30.3 Å². The maximum atomic E-state index is 11.0. The third-order valence-corrected chi connectivity index (χ3v) is 3.44. The number of nitrogens with zero attached hydrogens (tertiary/aromatic N) is 4. The number of benzene rings is 1. The van der Waals surface area contributed by atoms with Crippen LogP contribution in [0.5, 0.6) is 0 Å². The first-order valence-corrected chi connectivity index (χ1v) is 7.30. The lowest BCUT2D eigenvalue weighted by molar-refractivity contribution is -0.114. The van der Waals surface area contributed by atoms with Gasteiger partial charge in [0.05, 0.1) is 6.20 Å². The van der Waals surface area contributed by atoms with Crippen molar-refractivity contribution in [3.8, 4) is 0 Å². The molecule has 0 radical (unpaired) electrons. The van der Waals surface area contributed by atoms with Gasteiger partial charge in [-0.15, -0.1) is 5.10 Å². The molecule has 2 N–H and O–H groups in total. The van der Waals surface area contributed by atoms with Crippen molar-refractivity contribution in [2.24, 2.45) is 0 Å². The number of aromatic nitrogens is 3. The molecule has 0 bridgehead atoms. The molecule has 1 amide bonds. The van der Waals surface area contributed by atoms with E-state index in [9.17, 15) is 4.79 Å². The Morgan fingerprint density at radius 1 is 1.14 bits per heavy atom. The van der Waals surface area contributed by atoms with Crippen molar-refractivity contribution >= 4 is 29.0 Å². The van der Waals surface area contributed by atoms with Crippen molar-refractivity contribution in [3.63, 3.8) is 0 Å². The van der Waals surface area contributed by atoms with Crippen molar-refractivity contribution in [1.82, 2.24) is 15.2 Å². The van der Waals surface area contributed by atoms with Gasteiger partial charge in [-0.1, -0.05) is 0 Å². The fourth-order valence-electron chi connectivity index (χ4n) is 2.42. The van der Waals surface area contributed by atoms with E-state index >= 15 is 0 Å². The molecule has 1 aliphatic rings. The number of hydrogen-bond donors (Lipinski definition) is 2. The van der Waals surface area contributed by atoms with Crippen molar-refractivity contribution in [1.29, 1.82) is 0 Å². The number of hydrogen-bond acceptors (Lipinski definition) is 6. The minimum absolute atomic E-state index is 0.0912. The Morgan fingerprint density at radius 3 is 2.50 bits per heavy atom. The highest BCUT2D eigenvalue weighted by Crippen LogP contribution is 2.20. The van der Waals surface area contributed by atoms with Crippen LogP contribution in [-0.4, -0.2) is 34.2 Å². The molecule has 2 heterocycles. The zero-order valence-electron chi connectivity index (χ0n) is 12.4. The van der Waals surface area contributed by atoms with Gasteiger partial charge in [0, 0.05) is 31.4 Å². The lowest BCUT2D eigenvalue weighted by atomic mass is 10.3. The first kappa shape index (κ1) is 14.2. The standard InChI is InChI=1S/C15H18N6O/c1-11(22)17-12-4-6-13(7-5-12)18-15-19-14(10-16-20-15)21-8-2-3-9-21/h4-7,10H,2-3,8-9H2,1H3,(H,17,22)(H,18,19,20). The molecule has 114 valence electrons. The summed E-state index contributed by atoms with van der Waals surface area (Å²) in [5, 5.41) is 13.9. The highest BCUT2D eigenvalue weighted by atomic mass is 16.1. The van der Waals surface area contributed by atoms with Crippen LogP contribution < -0.4 is 15.5 Å². The van der Waals surface area contributed by atoms with E-state index in [0.29, 0.717) is 5.95 Å². The molecule has 3 rings (SSSR count). The van der Waals surface area contributed by atoms with Crippen molar-refractivity contribution in [2.45, 2.75) is 19.8 Å². The summed E-state index contributed by atoms with van der Waals surface area (Å²) in [5.41, 5.74) is 1.59. The molecule has 0 spiro atoms. The van der Waals surface area contributed by atoms with Gasteiger partial charge in [-0.05, 0) is 37.1 Å². The van der Waals surface area contributed by atoms with Gasteiger partial charge in [-0.25, -0.2) is 0 Å². The van der Waals surface area contributed by atoms with Gasteiger partial charge in [0.15, 0.2) is 5.82 Å². The van der Waals surface area contributed by atoms with Gasteiger partial charge in [0.2, 0.25) is 11.9 Å². The van der Waals surface area contributed by atoms with Gasteiger partial charge >= 0.3 is 0 Å². The monoisotopic (exact) mass is 298 g/mol. The molecule has 1 aromatic heterocycles. The molecule has 0 aliphatic carbocycles. The number of anilines is 4. The van der Waals surface area contributed by atoms with E-state index < -0.39 is 0 Å².